The number of halogens is 1. The van der Waals surface area contributed by atoms with E-state index in [0.717, 1.165) is 0 Å². The van der Waals surface area contributed by atoms with Crippen molar-refractivity contribution in [1.29, 1.82) is 0 Å². The number of amides is 1. The summed E-state index contributed by atoms with van der Waals surface area (Å²) in [4.78, 5) is 22.1. The molecule has 0 aromatic heterocycles. The van der Waals surface area contributed by atoms with Gasteiger partial charge in [0.1, 0.15) is 5.69 Å². The van der Waals surface area contributed by atoms with Gasteiger partial charge in [0.25, 0.3) is 5.69 Å². The third-order valence-electron chi connectivity index (χ3n) is 2.31. The number of benzene rings is 1. The summed E-state index contributed by atoms with van der Waals surface area (Å²) >= 11 is 10.7. The van der Waals surface area contributed by atoms with Crippen LogP contribution in [0.15, 0.2) is 18.2 Å². The quantitative estimate of drug-likeness (QED) is 0.497. The van der Waals surface area contributed by atoms with E-state index in [2.05, 4.69) is 10.6 Å². The largest absolute Gasteiger partial charge is 0.327 e. The number of carbonyl (C=O) groups is 1. The summed E-state index contributed by atoms with van der Waals surface area (Å²) < 4.78 is 0. The zero-order valence-corrected chi connectivity index (χ0v) is 12.8. The maximum absolute atomic E-state index is 11.7. The van der Waals surface area contributed by atoms with E-state index in [1.54, 1.807) is 20.8 Å². The first kappa shape index (κ1) is 16.3. The zero-order chi connectivity index (χ0) is 15.5. The maximum atomic E-state index is 11.7. The fourth-order valence-corrected chi connectivity index (χ4v) is 1.57. The number of carbonyl (C=O) groups excluding carboxylic acids is 1. The van der Waals surface area contributed by atoms with Crippen molar-refractivity contribution in [2.24, 2.45) is 5.41 Å². The van der Waals surface area contributed by atoms with Gasteiger partial charge in [-0.15, -0.1) is 0 Å². The molecule has 1 aromatic carbocycles. The van der Waals surface area contributed by atoms with E-state index in [1.165, 1.54) is 18.2 Å². The second-order valence-corrected chi connectivity index (χ2v) is 5.92. The third-order valence-corrected chi connectivity index (χ3v) is 2.75. The summed E-state index contributed by atoms with van der Waals surface area (Å²) in [5, 5.41) is 16.2. The molecule has 0 unspecified atom stereocenters. The number of hydrogen-bond donors (Lipinski definition) is 2. The predicted molar refractivity (Wildman–Crippen MR) is 81.9 cm³/mol. The van der Waals surface area contributed by atoms with Crippen molar-refractivity contribution in [3.8, 4) is 0 Å². The molecule has 0 aliphatic heterocycles. The molecule has 20 heavy (non-hydrogen) atoms. The van der Waals surface area contributed by atoms with Gasteiger partial charge in [0.05, 0.1) is 4.92 Å². The molecule has 0 heterocycles. The molecule has 0 atom stereocenters. The van der Waals surface area contributed by atoms with E-state index in [4.69, 9.17) is 23.8 Å². The molecule has 0 aliphatic rings. The van der Waals surface area contributed by atoms with Crippen molar-refractivity contribution in [3.63, 3.8) is 0 Å². The zero-order valence-electron chi connectivity index (χ0n) is 11.2. The van der Waals surface area contributed by atoms with Gasteiger partial charge in [0.15, 0.2) is 5.11 Å². The second-order valence-electron chi connectivity index (χ2n) is 5.08. The Labute approximate surface area is 126 Å². The van der Waals surface area contributed by atoms with Gasteiger partial charge in [-0.3, -0.25) is 14.9 Å². The SMILES string of the molecule is CC(C)(C)C(=O)NC(=S)Nc1ccc(Cl)cc1[N+](=O)[O-]. The van der Waals surface area contributed by atoms with Crippen LogP contribution < -0.4 is 10.6 Å². The smallest absolute Gasteiger partial charge is 0.294 e. The molecule has 2 N–H and O–H groups in total. The lowest BCUT2D eigenvalue weighted by molar-refractivity contribution is -0.383. The number of thiocarbonyl (C=S) groups is 1. The van der Waals surface area contributed by atoms with Gasteiger partial charge in [0, 0.05) is 16.5 Å². The van der Waals surface area contributed by atoms with Crippen LogP contribution in [0.4, 0.5) is 11.4 Å². The van der Waals surface area contributed by atoms with Gasteiger partial charge in [0.2, 0.25) is 5.91 Å². The van der Waals surface area contributed by atoms with Crippen LogP contribution in [-0.2, 0) is 4.79 Å². The van der Waals surface area contributed by atoms with E-state index < -0.39 is 10.3 Å². The molecule has 0 fully saturated rings. The number of rotatable bonds is 2. The van der Waals surface area contributed by atoms with Crippen LogP contribution in [0.1, 0.15) is 20.8 Å². The second kappa shape index (κ2) is 6.15. The van der Waals surface area contributed by atoms with Crippen LogP contribution in [0.25, 0.3) is 0 Å². The summed E-state index contributed by atoms with van der Waals surface area (Å²) in [6, 6.07) is 4.12. The Kier molecular flexibility index (Phi) is 5.02. The highest BCUT2D eigenvalue weighted by molar-refractivity contribution is 7.80. The molecule has 1 aromatic rings. The number of hydrogen-bond acceptors (Lipinski definition) is 4. The highest BCUT2D eigenvalue weighted by Gasteiger charge is 2.23. The van der Waals surface area contributed by atoms with Crippen LogP contribution in [0.3, 0.4) is 0 Å². The van der Waals surface area contributed by atoms with Crippen LogP contribution >= 0.6 is 23.8 Å². The standard InChI is InChI=1S/C12H14ClN3O3S/c1-12(2,3)10(17)15-11(20)14-8-5-4-7(13)6-9(8)16(18)19/h4-6H,1-3H3,(H2,14,15,17,20). The van der Waals surface area contributed by atoms with Gasteiger partial charge >= 0.3 is 0 Å². The van der Waals surface area contributed by atoms with E-state index in [9.17, 15) is 14.9 Å². The first-order valence-corrected chi connectivity index (χ1v) is 6.46. The van der Waals surface area contributed by atoms with Crippen LogP contribution in [0.5, 0.6) is 0 Å². The van der Waals surface area contributed by atoms with Crippen molar-refractivity contribution in [3.05, 3.63) is 33.3 Å². The number of anilines is 1. The molecule has 0 spiro atoms. The summed E-state index contributed by atoms with van der Waals surface area (Å²) in [5.74, 6) is -0.286. The van der Waals surface area contributed by atoms with Gasteiger partial charge in [-0.1, -0.05) is 32.4 Å². The number of nitro groups is 1. The Bertz CT molecular complexity index is 570. The lowest BCUT2D eigenvalue weighted by Gasteiger charge is -2.18. The van der Waals surface area contributed by atoms with Crippen molar-refractivity contribution in [1.82, 2.24) is 5.32 Å². The Balaban J connectivity index is 2.87. The topological polar surface area (TPSA) is 84.3 Å². The highest BCUT2D eigenvalue weighted by Crippen LogP contribution is 2.27. The van der Waals surface area contributed by atoms with Crippen LogP contribution in [0.2, 0.25) is 5.02 Å². The minimum atomic E-state index is -0.613. The lowest BCUT2D eigenvalue weighted by Crippen LogP contribution is -2.41. The molecular formula is C12H14ClN3O3S. The molecule has 6 nitrogen and oxygen atoms in total. The molecule has 0 bridgehead atoms. The van der Waals surface area contributed by atoms with Gasteiger partial charge in [-0.25, -0.2) is 0 Å². The van der Waals surface area contributed by atoms with Crippen molar-refractivity contribution in [2.45, 2.75) is 20.8 Å². The van der Waals surface area contributed by atoms with E-state index in [0.29, 0.717) is 0 Å². The first-order chi connectivity index (χ1) is 9.11. The Morgan fingerprint density at radius 1 is 1.40 bits per heavy atom. The van der Waals surface area contributed by atoms with Crippen LogP contribution in [0, 0.1) is 15.5 Å². The van der Waals surface area contributed by atoms with Gasteiger partial charge in [-0.2, -0.15) is 0 Å². The lowest BCUT2D eigenvalue weighted by atomic mass is 9.96. The molecule has 0 saturated heterocycles. The van der Waals surface area contributed by atoms with Crippen LogP contribution in [-0.4, -0.2) is 15.9 Å². The molecule has 108 valence electrons. The highest BCUT2D eigenvalue weighted by atomic mass is 35.5. The van der Waals surface area contributed by atoms with E-state index in [-0.39, 0.29) is 27.4 Å². The molecule has 0 radical (unpaired) electrons. The normalized spacial score (nSPS) is 10.8. The third kappa shape index (κ3) is 4.43. The van der Waals surface area contributed by atoms with E-state index in [1.807, 2.05) is 0 Å². The molecule has 0 aliphatic carbocycles. The van der Waals surface area contributed by atoms with Gasteiger partial charge < -0.3 is 10.6 Å². The summed E-state index contributed by atoms with van der Waals surface area (Å²) in [7, 11) is 0. The van der Waals surface area contributed by atoms with Crippen molar-refractivity contribution < 1.29 is 9.72 Å². The monoisotopic (exact) mass is 315 g/mol. The molecule has 8 heteroatoms. The summed E-state index contributed by atoms with van der Waals surface area (Å²) in [6.45, 7) is 5.20. The Morgan fingerprint density at radius 2 is 2.00 bits per heavy atom. The minimum absolute atomic E-state index is 0.00431. The van der Waals surface area contributed by atoms with E-state index >= 15 is 0 Å². The summed E-state index contributed by atoms with van der Waals surface area (Å²) in [6.07, 6.45) is 0. The molecule has 1 rings (SSSR count). The minimum Gasteiger partial charge on any atom is -0.327 e. The van der Waals surface area contributed by atoms with Crippen molar-refractivity contribution in [2.75, 3.05) is 5.32 Å². The average Bonchev–Trinajstić information content (AvgIpc) is 2.29. The molecule has 0 saturated carbocycles. The fraction of sp³-hybridized carbons (Fsp3) is 0.333. The fourth-order valence-electron chi connectivity index (χ4n) is 1.21. The number of nitrogens with zero attached hydrogens (tertiary/aromatic N) is 1. The average molecular weight is 316 g/mol. The Hall–Kier alpha value is -1.73. The summed E-state index contributed by atoms with van der Waals surface area (Å²) in [5.41, 5.74) is -0.666. The van der Waals surface area contributed by atoms with Crippen molar-refractivity contribution >= 4 is 46.2 Å². The number of nitro benzene ring substituents is 1. The number of nitrogens with one attached hydrogen (secondary N) is 2. The Morgan fingerprint density at radius 3 is 2.50 bits per heavy atom. The molecular weight excluding hydrogens is 302 g/mol. The maximum Gasteiger partial charge on any atom is 0.294 e. The first-order valence-electron chi connectivity index (χ1n) is 5.67. The molecule has 1 amide bonds. The predicted octanol–water partition coefficient (Wildman–Crippen LogP) is 3.11. The van der Waals surface area contributed by atoms with Gasteiger partial charge in [-0.05, 0) is 24.4 Å².